The third kappa shape index (κ3) is 2.23. The monoisotopic (exact) mass is 203 g/mol. The van der Waals surface area contributed by atoms with Crippen molar-refractivity contribution < 1.29 is 0 Å². The lowest BCUT2D eigenvalue weighted by atomic mass is 9.90. The molecule has 1 heteroatoms. The van der Waals surface area contributed by atoms with Gasteiger partial charge in [-0.05, 0) is 56.8 Å². The molecular weight excluding hydrogens is 182 g/mol. The maximum absolute atomic E-state index is 3.63. The van der Waals surface area contributed by atoms with Gasteiger partial charge in [0.05, 0.1) is 0 Å². The van der Waals surface area contributed by atoms with Gasteiger partial charge >= 0.3 is 0 Å². The van der Waals surface area contributed by atoms with E-state index in [1.165, 1.54) is 48.1 Å². The van der Waals surface area contributed by atoms with Crippen molar-refractivity contribution in [2.75, 3.05) is 6.54 Å². The molecular formula is C14H21N. The maximum Gasteiger partial charge on any atom is 0.0323 e. The van der Waals surface area contributed by atoms with E-state index in [-0.39, 0.29) is 0 Å². The Labute approximate surface area is 92.9 Å². The molecule has 82 valence electrons. The molecule has 0 aromatic heterocycles. The predicted octanol–water partition coefficient (Wildman–Crippen LogP) is 3.43. The molecule has 1 saturated heterocycles. The van der Waals surface area contributed by atoms with E-state index in [0.29, 0.717) is 6.04 Å². The fraction of sp³-hybridized carbons (Fsp3) is 0.571. The zero-order chi connectivity index (χ0) is 10.8. The van der Waals surface area contributed by atoms with E-state index < -0.39 is 0 Å². The van der Waals surface area contributed by atoms with Gasteiger partial charge in [0, 0.05) is 6.04 Å². The molecule has 1 aromatic rings. The first kappa shape index (κ1) is 10.7. The number of aryl methyl sites for hydroxylation is 2. The Morgan fingerprint density at radius 3 is 2.60 bits per heavy atom. The fourth-order valence-corrected chi connectivity index (χ4v) is 2.55. The summed E-state index contributed by atoms with van der Waals surface area (Å²) < 4.78 is 0. The molecule has 1 N–H and O–H groups in total. The standard InChI is InChI=1S/C14H21N/c1-10-8-11(2)12(3)13(9-10)14-6-4-5-7-15-14/h8-9,14-15H,4-7H2,1-3H3. The Kier molecular flexibility index (Phi) is 3.11. The summed E-state index contributed by atoms with van der Waals surface area (Å²) in [6.07, 6.45) is 3.99. The summed E-state index contributed by atoms with van der Waals surface area (Å²) in [6, 6.07) is 5.23. The van der Waals surface area contributed by atoms with E-state index in [9.17, 15) is 0 Å². The summed E-state index contributed by atoms with van der Waals surface area (Å²) in [6.45, 7) is 7.84. The van der Waals surface area contributed by atoms with Crippen LogP contribution in [0.15, 0.2) is 12.1 Å². The van der Waals surface area contributed by atoms with Crippen molar-refractivity contribution in [1.29, 1.82) is 0 Å². The van der Waals surface area contributed by atoms with Crippen molar-refractivity contribution in [3.05, 3.63) is 34.4 Å². The van der Waals surface area contributed by atoms with Gasteiger partial charge in [-0.3, -0.25) is 0 Å². The van der Waals surface area contributed by atoms with E-state index in [1.807, 2.05) is 0 Å². The van der Waals surface area contributed by atoms with Crippen LogP contribution < -0.4 is 5.32 Å². The molecule has 1 aliphatic heterocycles. The highest BCUT2D eigenvalue weighted by atomic mass is 14.9. The topological polar surface area (TPSA) is 12.0 Å². The normalized spacial score (nSPS) is 21.7. The summed E-state index contributed by atoms with van der Waals surface area (Å²) in [5, 5.41) is 3.63. The average Bonchev–Trinajstić information content (AvgIpc) is 2.24. The number of hydrogen-bond acceptors (Lipinski definition) is 1. The molecule has 0 amide bonds. The minimum Gasteiger partial charge on any atom is -0.310 e. The van der Waals surface area contributed by atoms with Crippen molar-refractivity contribution in [1.82, 2.24) is 5.32 Å². The van der Waals surface area contributed by atoms with Gasteiger partial charge in [-0.1, -0.05) is 24.1 Å². The average molecular weight is 203 g/mol. The SMILES string of the molecule is Cc1cc(C)c(C)c(C2CCCCN2)c1. The van der Waals surface area contributed by atoms with Crippen molar-refractivity contribution in [2.24, 2.45) is 0 Å². The van der Waals surface area contributed by atoms with Gasteiger partial charge in [-0.25, -0.2) is 0 Å². The van der Waals surface area contributed by atoms with Gasteiger partial charge in [0.15, 0.2) is 0 Å². The van der Waals surface area contributed by atoms with Crippen molar-refractivity contribution in [2.45, 2.75) is 46.1 Å². The van der Waals surface area contributed by atoms with Crippen LogP contribution in [0.2, 0.25) is 0 Å². The minimum absolute atomic E-state index is 0.595. The second kappa shape index (κ2) is 4.36. The van der Waals surface area contributed by atoms with Gasteiger partial charge in [-0.2, -0.15) is 0 Å². The number of nitrogens with one attached hydrogen (secondary N) is 1. The van der Waals surface area contributed by atoms with Crippen LogP contribution in [-0.2, 0) is 0 Å². The van der Waals surface area contributed by atoms with Gasteiger partial charge in [-0.15, -0.1) is 0 Å². The minimum atomic E-state index is 0.595. The number of piperidine rings is 1. The molecule has 1 atom stereocenters. The molecule has 0 spiro atoms. The van der Waals surface area contributed by atoms with Crippen LogP contribution in [0.5, 0.6) is 0 Å². The molecule has 0 bridgehead atoms. The zero-order valence-corrected chi connectivity index (χ0v) is 10.1. The Morgan fingerprint density at radius 2 is 1.93 bits per heavy atom. The van der Waals surface area contributed by atoms with Gasteiger partial charge in [0.25, 0.3) is 0 Å². The smallest absolute Gasteiger partial charge is 0.0323 e. The van der Waals surface area contributed by atoms with Crippen LogP contribution in [0.3, 0.4) is 0 Å². The zero-order valence-electron chi connectivity index (χ0n) is 10.1. The third-order valence-electron chi connectivity index (χ3n) is 3.54. The molecule has 1 heterocycles. The largest absolute Gasteiger partial charge is 0.310 e. The fourth-order valence-electron chi connectivity index (χ4n) is 2.55. The van der Waals surface area contributed by atoms with Crippen molar-refractivity contribution >= 4 is 0 Å². The molecule has 1 nitrogen and oxygen atoms in total. The van der Waals surface area contributed by atoms with E-state index in [1.54, 1.807) is 0 Å². The Balaban J connectivity index is 2.33. The van der Waals surface area contributed by atoms with Crippen LogP contribution in [-0.4, -0.2) is 6.54 Å². The third-order valence-corrected chi connectivity index (χ3v) is 3.54. The first-order chi connectivity index (χ1) is 7.18. The maximum atomic E-state index is 3.63. The molecule has 1 aromatic carbocycles. The summed E-state index contributed by atoms with van der Waals surface area (Å²) in [5.74, 6) is 0. The van der Waals surface area contributed by atoms with Crippen molar-refractivity contribution in [3.63, 3.8) is 0 Å². The van der Waals surface area contributed by atoms with Gasteiger partial charge in [0.2, 0.25) is 0 Å². The van der Waals surface area contributed by atoms with E-state index in [4.69, 9.17) is 0 Å². The van der Waals surface area contributed by atoms with Gasteiger partial charge < -0.3 is 5.32 Å². The predicted molar refractivity (Wildman–Crippen MR) is 65.2 cm³/mol. The van der Waals surface area contributed by atoms with Gasteiger partial charge in [0.1, 0.15) is 0 Å². The first-order valence-electron chi connectivity index (χ1n) is 5.99. The number of rotatable bonds is 1. The van der Waals surface area contributed by atoms with Crippen LogP contribution in [0.25, 0.3) is 0 Å². The highest BCUT2D eigenvalue weighted by Gasteiger charge is 2.17. The Bertz CT molecular complexity index is 349. The number of hydrogen-bond donors (Lipinski definition) is 1. The molecule has 1 unspecified atom stereocenters. The summed E-state index contributed by atoms with van der Waals surface area (Å²) in [4.78, 5) is 0. The lowest BCUT2D eigenvalue weighted by molar-refractivity contribution is 0.411. The quantitative estimate of drug-likeness (QED) is 0.737. The molecule has 2 rings (SSSR count). The van der Waals surface area contributed by atoms with Crippen LogP contribution in [0.4, 0.5) is 0 Å². The molecule has 0 aliphatic carbocycles. The molecule has 15 heavy (non-hydrogen) atoms. The molecule has 0 saturated carbocycles. The lowest BCUT2D eigenvalue weighted by Gasteiger charge is -2.26. The van der Waals surface area contributed by atoms with E-state index >= 15 is 0 Å². The Hall–Kier alpha value is -0.820. The lowest BCUT2D eigenvalue weighted by Crippen LogP contribution is -2.27. The van der Waals surface area contributed by atoms with E-state index in [0.717, 1.165) is 0 Å². The first-order valence-corrected chi connectivity index (χ1v) is 5.99. The van der Waals surface area contributed by atoms with Crippen LogP contribution in [0.1, 0.15) is 47.6 Å². The summed E-state index contributed by atoms with van der Waals surface area (Å²) in [7, 11) is 0. The van der Waals surface area contributed by atoms with Crippen LogP contribution in [0, 0.1) is 20.8 Å². The van der Waals surface area contributed by atoms with Crippen LogP contribution >= 0.6 is 0 Å². The molecule has 0 radical (unpaired) electrons. The van der Waals surface area contributed by atoms with E-state index in [2.05, 4.69) is 38.2 Å². The highest BCUT2D eigenvalue weighted by Crippen LogP contribution is 2.28. The van der Waals surface area contributed by atoms with Crippen molar-refractivity contribution in [3.8, 4) is 0 Å². The number of benzene rings is 1. The summed E-state index contributed by atoms with van der Waals surface area (Å²) >= 11 is 0. The highest BCUT2D eigenvalue weighted by molar-refractivity contribution is 5.39. The molecule has 1 fully saturated rings. The molecule has 1 aliphatic rings. The Morgan fingerprint density at radius 1 is 1.13 bits per heavy atom. The second-order valence-corrected chi connectivity index (χ2v) is 4.80. The second-order valence-electron chi connectivity index (χ2n) is 4.80. The summed E-state index contributed by atoms with van der Waals surface area (Å²) in [5.41, 5.74) is 5.81.